The van der Waals surface area contributed by atoms with Crippen molar-refractivity contribution in [3.63, 3.8) is 0 Å². The molecule has 0 atom stereocenters. The van der Waals surface area contributed by atoms with E-state index in [2.05, 4.69) is 10.5 Å². The van der Waals surface area contributed by atoms with Crippen LogP contribution in [-0.4, -0.2) is 50.1 Å². The molecule has 0 spiro atoms. The first-order valence-corrected chi connectivity index (χ1v) is 12.1. The highest BCUT2D eigenvalue weighted by atomic mass is 32.2. The van der Waals surface area contributed by atoms with E-state index < -0.39 is 15.9 Å². The summed E-state index contributed by atoms with van der Waals surface area (Å²) >= 11 is 0. The predicted octanol–water partition coefficient (Wildman–Crippen LogP) is 3.61. The molecule has 1 aliphatic heterocycles. The number of carbonyl (C=O) groups is 1. The van der Waals surface area contributed by atoms with E-state index in [1.54, 1.807) is 19.1 Å². The number of ether oxygens (including phenoxy) is 2. The molecule has 1 amide bonds. The zero-order chi connectivity index (χ0) is 23.4. The number of aromatic nitrogens is 1. The zero-order valence-electron chi connectivity index (χ0n) is 18.4. The van der Waals surface area contributed by atoms with E-state index in [9.17, 15) is 13.2 Å². The summed E-state index contributed by atoms with van der Waals surface area (Å²) in [5.41, 5.74) is 1.07. The van der Waals surface area contributed by atoms with Crippen LogP contribution in [0.2, 0.25) is 0 Å². The van der Waals surface area contributed by atoms with Crippen LogP contribution in [0.4, 0.5) is 5.69 Å². The number of para-hydroxylation sites is 1. The van der Waals surface area contributed by atoms with Gasteiger partial charge in [0.2, 0.25) is 10.0 Å². The Bertz CT molecular complexity index is 1230. The molecule has 10 heteroatoms. The van der Waals surface area contributed by atoms with Crippen molar-refractivity contribution in [1.29, 1.82) is 0 Å². The fourth-order valence-electron chi connectivity index (χ4n) is 3.54. The first-order chi connectivity index (χ1) is 15.9. The Morgan fingerprint density at radius 2 is 1.88 bits per heavy atom. The van der Waals surface area contributed by atoms with Crippen LogP contribution in [0.3, 0.4) is 0 Å². The maximum atomic E-state index is 13.2. The molecule has 33 heavy (non-hydrogen) atoms. The number of aryl methyl sites for hydroxylation is 2. The highest BCUT2D eigenvalue weighted by Crippen LogP contribution is 2.33. The molecule has 9 nitrogen and oxygen atoms in total. The van der Waals surface area contributed by atoms with Crippen LogP contribution in [0.1, 0.15) is 28.7 Å². The van der Waals surface area contributed by atoms with Gasteiger partial charge in [0.05, 0.1) is 29.5 Å². The van der Waals surface area contributed by atoms with Crippen LogP contribution >= 0.6 is 0 Å². The van der Waals surface area contributed by atoms with Crippen molar-refractivity contribution < 1.29 is 27.2 Å². The van der Waals surface area contributed by atoms with Crippen LogP contribution in [0.5, 0.6) is 11.5 Å². The van der Waals surface area contributed by atoms with Gasteiger partial charge >= 0.3 is 0 Å². The van der Waals surface area contributed by atoms with E-state index >= 15 is 0 Å². The monoisotopic (exact) mass is 471 g/mol. The van der Waals surface area contributed by atoms with Gasteiger partial charge < -0.3 is 19.3 Å². The number of morpholine rings is 1. The number of hydrogen-bond acceptors (Lipinski definition) is 7. The van der Waals surface area contributed by atoms with E-state index in [4.69, 9.17) is 14.0 Å². The summed E-state index contributed by atoms with van der Waals surface area (Å²) in [7, 11) is -3.77. The number of anilines is 1. The van der Waals surface area contributed by atoms with Crippen molar-refractivity contribution in [2.24, 2.45) is 0 Å². The molecule has 1 aromatic heterocycles. The molecule has 0 unspecified atom stereocenters. The number of rotatable bonds is 7. The second-order valence-electron chi connectivity index (χ2n) is 7.46. The SMILES string of the molecule is CCc1noc(C)c1C(=O)Nc1cc(S(=O)(=O)N2CCOCC2)ccc1Oc1ccccc1. The van der Waals surface area contributed by atoms with Crippen LogP contribution in [0, 0.1) is 6.92 Å². The standard InChI is InChI=1S/C23H25N3O6S/c1-3-19-22(16(2)32-25-19)23(27)24-20-15-18(33(28,29)26-11-13-30-14-12-26)9-10-21(20)31-17-7-5-4-6-8-17/h4-10,15H,3,11-14H2,1-2H3,(H,24,27). The lowest BCUT2D eigenvalue weighted by Gasteiger charge is -2.26. The average Bonchev–Trinajstić information content (AvgIpc) is 3.22. The molecule has 1 N–H and O–H groups in total. The fraction of sp³-hybridized carbons (Fsp3) is 0.304. The lowest BCUT2D eigenvalue weighted by atomic mass is 10.1. The Morgan fingerprint density at radius 1 is 1.15 bits per heavy atom. The van der Waals surface area contributed by atoms with Gasteiger partial charge in [-0.1, -0.05) is 30.3 Å². The number of amides is 1. The van der Waals surface area contributed by atoms with E-state index in [-0.39, 0.29) is 23.7 Å². The lowest BCUT2D eigenvalue weighted by Crippen LogP contribution is -2.40. The van der Waals surface area contributed by atoms with Crippen LogP contribution in [0.15, 0.2) is 57.9 Å². The summed E-state index contributed by atoms with van der Waals surface area (Å²) in [5, 5.41) is 6.72. The van der Waals surface area contributed by atoms with Gasteiger partial charge in [0.15, 0.2) is 5.75 Å². The van der Waals surface area contributed by atoms with Crippen molar-refractivity contribution in [1.82, 2.24) is 9.46 Å². The summed E-state index contributed by atoms with van der Waals surface area (Å²) in [6, 6.07) is 13.5. The molecule has 1 fully saturated rings. The number of nitrogens with one attached hydrogen (secondary N) is 1. The van der Waals surface area contributed by atoms with Crippen LogP contribution in [0.25, 0.3) is 0 Å². The lowest BCUT2D eigenvalue weighted by molar-refractivity contribution is 0.0730. The van der Waals surface area contributed by atoms with E-state index in [1.807, 2.05) is 25.1 Å². The van der Waals surface area contributed by atoms with Gasteiger partial charge in [-0.3, -0.25) is 4.79 Å². The van der Waals surface area contributed by atoms with Gasteiger partial charge in [-0.15, -0.1) is 0 Å². The molecule has 174 valence electrons. The molecule has 2 heterocycles. The number of nitrogens with zero attached hydrogens (tertiary/aromatic N) is 2. The Morgan fingerprint density at radius 3 is 2.58 bits per heavy atom. The minimum absolute atomic E-state index is 0.0536. The van der Waals surface area contributed by atoms with Gasteiger partial charge in [0, 0.05) is 13.1 Å². The third-order valence-corrected chi connectivity index (χ3v) is 7.17. The third-order valence-electron chi connectivity index (χ3n) is 5.27. The normalized spacial score (nSPS) is 14.7. The Hall–Kier alpha value is -3.21. The Kier molecular flexibility index (Phi) is 6.77. The highest BCUT2D eigenvalue weighted by molar-refractivity contribution is 7.89. The maximum Gasteiger partial charge on any atom is 0.261 e. The molecule has 1 saturated heterocycles. The molecule has 0 radical (unpaired) electrons. The molecule has 3 aromatic rings. The smallest absolute Gasteiger partial charge is 0.261 e. The largest absolute Gasteiger partial charge is 0.455 e. The molecule has 2 aromatic carbocycles. The first kappa shape index (κ1) is 23.0. The van der Waals surface area contributed by atoms with Gasteiger partial charge in [-0.05, 0) is 43.7 Å². The van der Waals surface area contributed by atoms with Crippen molar-refractivity contribution >= 4 is 21.6 Å². The van der Waals surface area contributed by atoms with Crippen LogP contribution < -0.4 is 10.1 Å². The minimum atomic E-state index is -3.77. The summed E-state index contributed by atoms with van der Waals surface area (Å²) < 4.78 is 44.1. The van der Waals surface area contributed by atoms with Crippen molar-refractivity contribution in [2.75, 3.05) is 31.6 Å². The quantitative estimate of drug-likeness (QED) is 0.560. The summed E-state index contributed by atoms with van der Waals surface area (Å²) in [6.45, 7) is 4.74. The van der Waals surface area contributed by atoms with Crippen molar-refractivity contribution in [3.8, 4) is 11.5 Å². The van der Waals surface area contributed by atoms with Gasteiger partial charge in [0.25, 0.3) is 5.91 Å². The topological polar surface area (TPSA) is 111 Å². The van der Waals surface area contributed by atoms with Gasteiger partial charge in [-0.25, -0.2) is 8.42 Å². The molecular formula is C23H25N3O6S. The van der Waals surface area contributed by atoms with Gasteiger partial charge in [0.1, 0.15) is 17.1 Å². The molecule has 0 aliphatic carbocycles. The third kappa shape index (κ3) is 4.92. The second kappa shape index (κ2) is 9.74. The molecule has 1 aliphatic rings. The number of sulfonamides is 1. The predicted molar refractivity (Wildman–Crippen MR) is 121 cm³/mol. The van der Waals surface area contributed by atoms with Crippen LogP contribution in [-0.2, 0) is 21.2 Å². The summed E-state index contributed by atoms with van der Waals surface area (Å²) in [5.74, 6) is 0.784. The Labute approximate surface area is 192 Å². The molecular weight excluding hydrogens is 446 g/mol. The van der Waals surface area contributed by atoms with E-state index in [0.717, 1.165) is 0 Å². The van der Waals surface area contributed by atoms with E-state index in [1.165, 1.54) is 22.5 Å². The average molecular weight is 472 g/mol. The number of carbonyl (C=O) groups excluding carboxylic acids is 1. The first-order valence-electron chi connectivity index (χ1n) is 10.6. The maximum absolute atomic E-state index is 13.2. The van der Waals surface area contributed by atoms with E-state index in [0.29, 0.717) is 48.2 Å². The van der Waals surface area contributed by atoms with Gasteiger partial charge in [-0.2, -0.15) is 4.31 Å². The minimum Gasteiger partial charge on any atom is -0.455 e. The second-order valence-corrected chi connectivity index (χ2v) is 9.40. The summed E-state index contributed by atoms with van der Waals surface area (Å²) in [6.07, 6.45) is 0.513. The highest BCUT2D eigenvalue weighted by Gasteiger charge is 2.28. The number of hydrogen-bond donors (Lipinski definition) is 1. The molecule has 4 rings (SSSR count). The Balaban J connectivity index is 1.71. The zero-order valence-corrected chi connectivity index (χ0v) is 19.2. The van der Waals surface area contributed by atoms with Crippen molar-refractivity contribution in [2.45, 2.75) is 25.2 Å². The van der Waals surface area contributed by atoms with Crippen molar-refractivity contribution in [3.05, 3.63) is 65.5 Å². The number of benzene rings is 2. The molecule has 0 saturated carbocycles. The summed E-state index contributed by atoms with van der Waals surface area (Å²) in [4.78, 5) is 13.2. The fourth-order valence-corrected chi connectivity index (χ4v) is 4.98. The molecule has 0 bridgehead atoms.